The van der Waals surface area contributed by atoms with Crippen LogP contribution in [0.5, 0.6) is 0 Å². The van der Waals surface area contributed by atoms with Crippen molar-refractivity contribution in [1.82, 2.24) is 0 Å². The van der Waals surface area contributed by atoms with Gasteiger partial charge in [0.25, 0.3) is 0 Å². The van der Waals surface area contributed by atoms with E-state index in [2.05, 4.69) is 72.8 Å². The summed E-state index contributed by atoms with van der Waals surface area (Å²) < 4.78 is 11.2. The van der Waals surface area contributed by atoms with Crippen molar-refractivity contribution in [2.24, 2.45) is 0 Å². The molecule has 0 amide bonds. The number of hydrogen-bond acceptors (Lipinski definition) is 5. The molecule has 3 aromatic rings. The standard InChI is InChI=1S/C13H18O2.C10H8.CH4O2.CH2O.H2O/c1-3-15-13-9-8-12(14-2)10-6-4-5-7-11(10)13;1-2-6-10-8-4-3-7-9(10)5-1;2-1-3;1-2;/h4-7,12-13H,3,8-9H2,1-2H3;1-8H;2-3H,1H2;1H2;1H2. The lowest BCUT2D eigenvalue weighted by Gasteiger charge is -2.30. The van der Waals surface area contributed by atoms with Crippen molar-refractivity contribution in [3.63, 3.8) is 0 Å². The first-order valence-electron chi connectivity index (χ1n) is 9.92. The van der Waals surface area contributed by atoms with Gasteiger partial charge in [-0.2, -0.15) is 0 Å². The van der Waals surface area contributed by atoms with E-state index in [1.54, 1.807) is 7.11 Å². The molecule has 0 saturated carbocycles. The second-order valence-corrected chi connectivity index (χ2v) is 6.36. The second kappa shape index (κ2) is 17.1. The zero-order chi connectivity index (χ0) is 22.2. The lowest BCUT2D eigenvalue weighted by Crippen LogP contribution is -2.17. The number of aliphatic hydroxyl groups is 2. The Hall–Kier alpha value is -2.61. The Kier molecular flexibility index (Phi) is 15.7. The number of hydrogen-bond donors (Lipinski definition) is 2. The molecular formula is C25H34O6. The molecule has 0 saturated heterocycles. The van der Waals surface area contributed by atoms with E-state index in [4.69, 9.17) is 24.5 Å². The second-order valence-electron chi connectivity index (χ2n) is 6.36. The number of rotatable bonds is 3. The third-order valence-electron chi connectivity index (χ3n) is 4.69. The summed E-state index contributed by atoms with van der Waals surface area (Å²) in [6, 6.07) is 25.2. The van der Waals surface area contributed by atoms with Crippen LogP contribution in [0.4, 0.5) is 0 Å². The third-order valence-corrected chi connectivity index (χ3v) is 4.69. The van der Waals surface area contributed by atoms with Crippen LogP contribution in [-0.4, -0.2) is 43.0 Å². The lowest BCUT2D eigenvalue weighted by molar-refractivity contribution is -0.0980. The minimum absolute atomic E-state index is 0. The molecule has 0 fully saturated rings. The lowest BCUT2D eigenvalue weighted by atomic mass is 9.87. The quantitative estimate of drug-likeness (QED) is 0.611. The molecule has 1 aliphatic rings. The van der Waals surface area contributed by atoms with E-state index in [1.807, 2.05) is 13.7 Å². The normalized spacial score (nSPS) is 16.0. The van der Waals surface area contributed by atoms with Gasteiger partial charge in [0.05, 0.1) is 12.2 Å². The first kappa shape index (κ1) is 28.4. The van der Waals surface area contributed by atoms with E-state index < -0.39 is 6.79 Å². The molecule has 6 heteroatoms. The summed E-state index contributed by atoms with van der Waals surface area (Å²) in [5.74, 6) is 0. The molecular weight excluding hydrogens is 396 g/mol. The van der Waals surface area contributed by atoms with E-state index in [0.29, 0.717) is 0 Å². The van der Waals surface area contributed by atoms with Crippen molar-refractivity contribution in [3.05, 3.63) is 83.9 Å². The van der Waals surface area contributed by atoms with Gasteiger partial charge in [-0.05, 0) is 41.7 Å². The Morgan fingerprint density at radius 1 is 0.806 bits per heavy atom. The molecule has 0 spiro atoms. The molecule has 0 bridgehead atoms. The summed E-state index contributed by atoms with van der Waals surface area (Å²) in [4.78, 5) is 8.00. The molecule has 170 valence electrons. The highest BCUT2D eigenvalue weighted by Crippen LogP contribution is 2.39. The Labute approximate surface area is 184 Å². The van der Waals surface area contributed by atoms with E-state index in [0.717, 1.165) is 19.4 Å². The number of methoxy groups -OCH3 is 1. The van der Waals surface area contributed by atoms with Gasteiger partial charge >= 0.3 is 0 Å². The molecule has 4 N–H and O–H groups in total. The highest BCUT2D eigenvalue weighted by atomic mass is 16.5. The Bertz CT molecular complexity index is 773. The topological polar surface area (TPSA) is 107 Å². The molecule has 2 atom stereocenters. The monoisotopic (exact) mass is 430 g/mol. The van der Waals surface area contributed by atoms with Gasteiger partial charge in [-0.3, -0.25) is 0 Å². The Morgan fingerprint density at radius 2 is 1.16 bits per heavy atom. The van der Waals surface area contributed by atoms with Crippen molar-refractivity contribution in [2.45, 2.75) is 32.0 Å². The number of fused-ring (bicyclic) bond motifs is 2. The summed E-state index contributed by atoms with van der Waals surface area (Å²) in [6.45, 7) is 4.07. The first-order chi connectivity index (χ1) is 14.7. The molecule has 0 heterocycles. The summed E-state index contributed by atoms with van der Waals surface area (Å²) >= 11 is 0. The predicted octanol–water partition coefficient (Wildman–Crippen LogP) is 4.00. The molecule has 0 aromatic heterocycles. The molecule has 0 aliphatic heterocycles. The Balaban J connectivity index is 0.000000489. The molecule has 31 heavy (non-hydrogen) atoms. The third kappa shape index (κ3) is 8.96. The summed E-state index contributed by atoms with van der Waals surface area (Å²) in [5, 5.41) is 16.9. The minimum Gasteiger partial charge on any atom is -0.412 e. The van der Waals surface area contributed by atoms with Crippen LogP contribution < -0.4 is 0 Å². The number of carbonyl (C=O) groups is 1. The molecule has 6 nitrogen and oxygen atoms in total. The fourth-order valence-corrected chi connectivity index (χ4v) is 3.46. The maximum Gasteiger partial charge on any atom is 0.140 e. The van der Waals surface area contributed by atoms with Crippen molar-refractivity contribution in [2.75, 3.05) is 20.5 Å². The number of benzene rings is 3. The zero-order valence-electron chi connectivity index (χ0n) is 18.2. The van der Waals surface area contributed by atoms with Crippen LogP contribution in [0.3, 0.4) is 0 Å². The van der Waals surface area contributed by atoms with Crippen LogP contribution >= 0.6 is 0 Å². The van der Waals surface area contributed by atoms with Crippen molar-refractivity contribution >= 4 is 17.6 Å². The largest absolute Gasteiger partial charge is 0.412 e. The fraction of sp³-hybridized carbons (Fsp3) is 0.320. The number of carbonyl (C=O) groups excluding carboxylic acids is 1. The van der Waals surface area contributed by atoms with Gasteiger partial charge in [-0.25, -0.2) is 0 Å². The van der Waals surface area contributed by atoms with Crippen LogP contribution in [0.2, 0.25) is 0 Å². The minimum atomic E-state index is -0.750. The smallest absolute Gasteiger partial charge is 0.140 e. The van der Waals surface area contributed by atoms with Crippen LogP contribution in [0.15, 0.2) is 72.8 Å². The van der Waals surface area contributed by atoms with Crippen LogP contribution in [0.25, 0.3) is 10.8 Å². The van der Waals surface area contributed by atoms with Crippen LogP contribution in [0, 0.1) is 0 Å². The fourth-order valence-electron chi connectivity index (χ4n) is 3.46. The first-order valence-corrected chi connectivity index (χ1v) is 9.92. The van der Waals surface area contributed by atoms with Gasteiger partial charge in [-0.1, -0.05) is 72.8 Å². The molecule has 2 unspecified atom stereocenters. The average molecular weight is 431 g/mol. The maximum absolute atomic E-state index is 8.00. The van der Waals surface area contributed by atoms with Gasteiger partial charge in [0.15, 0.2) is 0 Å². The van der Waals surface area contributed by atoms with Crippen molar-refractivity contribution in [3.8, 4) is 0 Å². The van der Waals surface area contributed by atoms with Crippen molar-refractivity contribution < 1.29 is 30.0 Å². The van der Waals surface area contributed by atoms with E-state index in [9.17, 15) is 0 Å². The van der Waals surface area contributed by atoms with Gasteiger partial charge in [-0.15, -0.1) is 0 Å². The van der Waals surface area contributed by atoms with Crippen LogP contribution in [0.1, 0.15) is 43.1 Å². The zero-order valence-corrected chi connectivity index (χ0v) is 18.2. The van der Waals surface area contributed by atoms with E-state index in [-0.39, 0.29) is 17.7 Å². The summed E-state index contributed by atoms with van der Waals surface area (Å²) in [6.07, 6.45) is 2.62. The SMILES string of the molecule is C=O.CCOC1CCC(OC)c2ccccc21.O.OCO.c1ccc2ccccc2c1. The van der Waals surface area contributed by atoms with Gasteiger partial charge in [0, 0.05) is 13.7 Å². The molecule has 0 radical (unpaired) electrons. The predicted molar refractivity (Wildman–Crippen MR) is 124 cm³/mol. The van der Waals surface area contributed by atoms with Crippen LogP contribution in [-0.2, 0) is 14.3 Å². The number of aliphatic hydroxyl groups excluding tert-OH is 1. The Morgan fingerprint density at radius 3 is 1.55 bits per heavy atom. The summed E-state index contributed by atoms with van der Waals surface area (Å²) in [5.41, 5.74) is 2.60. The molecule has 3 aromatic carbocycles. The van der Waals surface area contributed by atoms with Gasteiger partial charge < -0.3 is 30.0 Å². The maximum atomic E-state index is 8.00. The summed E-state index contributed by atoms with van der Waals surface area (Å²) in [7, 11) is 1.78. The van der Waals surface area contributed by atoms with E-state index >= 15 is 0 Å². The highest BCUT2D eigenvalue weighted by Gasteiger charge is 2.26. The van der Waals surface area contributed by atoms with Gasteiger partial charge in [0.2, 0.25) is 0 Å². The van der Waals surface area contributed by atoms with E-state index in [1.165, 1.54) is 21.9 Å². The average Bonchev–Trinajstić information content (AvgIpc) is 2.82. The number of ether oxygens (including phenoxy) is 2. The van der Waals surface area contributed by atoms with Crippen molar-refractivity contribution in [1.29, 1.82) is 0 Å². The highest BCUT2D eigenvalue weighted by molar-refractivity contribution is 5.82. The van der Waals surface area contributed by atoms with Gasteiger partial charge in [0.1, 0.15) is 13.6 Å². The molecule has 1 aliphatic carbocycles. The molecule has 4 rings (SSSR count).